The van der Waals surface area contributed by atoms with Crippen molar-refractivity contribution in [2.24, 2.45) is 0 Å². The minimum atomic E-state index is -0.849. The molecule has 1 fully saturated rings. The molecular weight excluding hydrogens is 284 g/mol. The van der Waals surface area contributed by atoms with Crippen LogP contribution in [-0.4, -0.2) is 39.1 Å². The summed E-state index contributed by atoms with van der Waals surface area (Å²) in [6.45, 7) is 6.51. The van der Waals surface area contributed by atoms with E-state index in [1.807, 2.05) is 43.9 Å². The molecule has 1 aliphatic heterocycles. The van der Waals surface area contributed by atoms with Crippen molar-refractivity contribution in [3.63, 3.8) is 0 Å². The summed E-state index contributed by atoms with van der Waals surface area (Å²) >= 11 is 0. The standard InChI is InChI=1S/C16H24N2O2S/c1-4-14-16(19)18(9-10-21(20)5-2)15(17-14)13-8-6-7-12(3)11-13/h6-8,11,14-15,17H,4-5,9-10H2,1-3H3. The number of hydrogen-bond donors (Lipinski definition) is 1. The van der Waals surface area contributed by atoms with Gasteiger partial charge >= 0.3 is 0 Å². The van der Waals surface area contributed by atoms with Gasteiger partial charge in [0.15, 0.2) is 0 Å². The first kappa shape index (κ1) is 16.2. The van der Waals surface area contributed by atoms with E-state index in [4.69, 9.17) is 0 Å². The van der Waals surface area contributed by atoms with Crippen LogP contribution in [0.15, 0.2) is 24.3 Å². The lowest BCUT2D eigenvalue weighted by Crippen LogP contribution is -2.34. The van der Waals surface area contributed by atoms with E-state index in [0.717, 1.165) is 12.0 Å². The third-order valence-corrected chi connectivity index (χ3v) is 5.18. The Labute approximate surface area is 129 Å². The second-order valence-electron chi connectivity index (χ2n) is 5.41. The quantitative estimate of drug-likeness (QED) is 0.874. The van der Waals surface area contributed by atoms with Gasteiger partial charge in [0, 0.05) is 28.9 Å². The van der Waals surface area contributed by atoms with E-state index in [0.29, 0.717) is 18.1 Å². The van der Waals surface area contributed by atoms with Gasteiger partial charge < -0.3 is 4.90 Å². The number of hydrogen-bond acceptors (Lipinski definition) is 3. The second kappa shape index (κ2) is 7.18. The third kappa shape index (κ3) is 3.71. The van der Waals surface area contributed by atoms with E-state index in [1.54, 1.807) is 0 Å². The fraction of sp³-hybridized carbons (Fsp3) is 0.562. The van der Waals surface area contributed by atoms with Gasteiger partial charge in [0.1, 0.15) is 6.17 Å². The summed E-state index contributed by atoms with van der Waals surface area (Å²) in [7, 11) is -0.849. The van der Waals surface area contributed by atoms with Crippen LogP contribution >= 0.6 is 0 Å². The lowest BCUT2D eigenvalue weighted by atomic mass is 10.1. The Balaban J connectivity index is 2.20. The lowest BCUT2D eigenvalue weighted by Gasteiger charge is -2.24. The van der Waals surface area contributed by atoms with Crippen molar-refractivity contribution in [2.45, 2.75) is 39.4 Å². The molecule has 1 N–H and O–H groups in total. The van der Waals surface area contributed by atoms with E-state index < -0.39 is 10.8 Å². The maximum Gasteiger partial charge on any atom is 0.241 e. The van der Waals surface area contributed by atoms with E-state index in [-0.39, 0.29) is 18.1 Å². The first-order chi connectivity index (χ1) is 10.1. The predicted octanol–water partition coefficient (Wildman–Crippen LogP) is 1.97. The molecule has 5 heteroatoms. The fourth-order valence-corrected chi connectivity index (χ4v) is 3.36. The number of nitrogens with zero attached hydrogens (tertiary/aromatic N) is 1. The van der Waals surface area contributed by atoms with Gasteiger partial charge in [-0.25, -0.2) is 0 Å². The molecule has 1 saturated heterocycles. The number of carbonyl (C=O) groups is 1. The monoisotopic (exact) mass is 308 g/mol. The Bertz CT molecular complexity index is 533. The molecule has 116 valence electrons. The van der Waals surface area contributed by atoms with Crippen molar-refractivity contribution in [1.29, 1.82) is 0 Å². The molecule has 0 aromatic heterocycles. The minimum Gasteiger partial charge on any atom is -0.321 e. The maximum absolute atomic E-state index is 12.5. The van der Waals surface area contributed by atoms with Crippen LogP contribution in [0.1, 0.15) is 37.6 Å². The smallest absolute Gasteiger partial charge is 0.241 e. The summed E-state index contributed by atoms with van der Waals surface area (Å²) in [6.07, 6.45) is 0.672. The van der Waals surface area contributed by atoms with Gasteiger partial charge in [-0.15, -0.1) is 0 Å². The predicted molar refractivity (Wildman–Crippen MR) is 86.4 cm³/mol. The lowest BCUT2D eigenvalue weighted by molar-refractivity contribution is -0.129. The Morgan fingerprint density at radius 1 is 1.33 bits per heavy atom. The van der Waals surface area contributed by atoms with Crippen LogP contribution in [0.4, 0.5) is 0 Å². The van der Waals surface area contributed by atoms with Crippen LogP contribution in [0.25, 0.3) is 0 Å². The average molecular weight is 308 g/mol. The molecule has 1 aromatic carbocycles. The van der Waals surface area contributed by atoms with E-state index in [9.17, 15) is 9.00 Å². The summed E-state index contributed by atoms with van der Waals surface area (Å²) < 4.78 is 11.7. The minimum absolute atomic E-state index is 0.101. The molecule has 2 rings (SSSR count). The summed E-state index contributed by atoms with van der Waals surface area (Å²) in [4.78, 5) is 14.3. The summed E-state index contributed by atoms with van der Waals surface area (Å²) in [5, 5.41) is 3.40. The van der Waals surface area contributed by atoms with Crippen LogP contribution < -0.4 is 5.32 Å². The zero-order valence-corrected chi connectivity index (χ0v) is 13.8. The van der Waals surface area contributed by atoms with Gasteiger partial charge in [-0.3, -0.25) is 14.3 Å². The van der Waals surface area contributed by atoms with Crippen LogP contribution in [0.3, 0.4) is 0 Å². The molecule has 0 radical (unpaired) electrons. The number of carbonyl (C=O) groups excluding carboxylic acids is 1. The molecule has 21 heavy (non-hydrogen) atoms. The van der Waals surface area contributed by atoms with Gasteiger partial charge in [-0.05, 0) is 18.9 Å². The Kier molecular flexibility index (Phi) is 5.53. The molecule has 1 amide bonds. The highest BCUT2D eigenvalue weighted by atomic mass is 32.2. The van der Waals surface area contributed by atoms with Gasteiger partial charge in [0.05, 0.1) is 6.04 Å². The Morgan fingerprint density at radius 3 is 2.71 bits per heavy atom. The molecule has 1 aromatic rings. The molecule has 3 atom stereocenters. The first-order valence-electron chi connectivity index (χ1n) is 7.54. The molecule has 0 spiro atoms. The number of rotatable bonds is 6. The van der Waals surface area contributed by atoms with Crippen LogP contribution in [-0.2, 0) is 15.6 Å². The molecule has 0 saturated carbocycles. The summed E-state index contributed by atoms with van der Waals surface area (Å²) in [6, 6.07) is 8.07. The number of nitrogens with one attached hydrogen (secondary N) is 1. The Morgan fingerprint density at radius 2 is 2.10 bits per heavy atom. The van der Waals surface area contributed by atoms with Crippen LogP contribution in [0.5, 0.6) is 0 Å². The molecule has 0 aliphatic carbocycles. The number of aryl methyl sites for hydroxylation is 1. The van der Waals surface area contributed by atoms with Crippen molar-refractivity contribution >= 4 is 16.7 Å². The number of benzene rings is 1. The zero-order valence-electron chi connectivity index (χ0n) is 13.0. The third-order valence-electron chi connectivity index (χ3n) is 3.90. The Hall–Kier alpha value is -1.20. The van der Waals surface area contributed by atoms with Gasteiger partial charge in [-0.2, -0.15) is 0 Å². The van der Waals surface area contributed by atoms with Crippen molar-refractivity contribution < 1.29 is 9.00 Å². The first-order valence-corrected chi connectivity index (χ1v) is 9.03. The molecule has 4 nitrogen and oxygen atoms in total. The SMILES string of the molecule is CCC1NC(c2cccc(C)c2)N(CCS(=O)CC)C1=O. The van der Waals surface area contributed by atoms with Gasteiger partial charge in [0.2, 0.25) is 5.91 Å². The van der Waals surface area contributed by atoms with Crippen LogP contribution in [0, 0.1) is 6.92 Å². The molecule has 1 aliphatic rings. The zero-order chi connectivity index (χ0) is 15.4. The van der Waals surface area contributed by atoms with Gasteiger partial charge in [-0.1, -0.05) is 43.7 Å². The maximum atomic E-state index is 12.5. The average Bonchev–Trinajstić information content (AvgIpc) is 2.81. The molecule has 0 bridgehead atoms. The molecular formula is C16H24N2O2S. The van der Waals surface area contributed by atoms with Crippen molar-refractivity contribution in [3.05, 3.63) is 35.4 Å². The van der Waals surface area contributed by atoms with Crippen molar-refractivity contribution in [1.82, 2.24) is 10.2 Å². The van der Waals surface area contributed by atoms with Crippen molar-refractivity contribution in [2.75, 3.05) is 18.1 Å². The topological polar surface area (TPSA) is 49.4 Å². The molecule has 3 unspecified atom stereocenters. The molecule has 1 heterocycles. The largest absolute Gasteiger partial charge is 0.321 e. The highest BCUT2D eigenvalue weighted by Gasteiger charge is 2.38. The van der Waals surface area contributed by atoms with E-state index in [2.05, 4.69) is 11.4 Å². The normalized spacial score (nSPS) is 23.6. The summed E-state index contributed by atoms with van der Waals surface area (Å²) in [5.41, 5.74) is 2.28. The highest BCUT2D eigenvalue weighted by molar-refractivity contribution is 7.84. The van der Waals surface area contributed by atoms with Crippen molar-refractivity contribution in [3.8, 4) is 0 Å². The van der Waals surface area contributed by atoms with E-state index >= 15 is 0 Å². The van der Waals surface area contributed by atoms with Crippen LogP contribution in [0.2, 0.25) is 0 Å². The second-order valence-corrected chi connectivity index (χ2v) is 7.27. The van der Waals surface area contributed by atoms with E-state index in [1.165, 1.54) is 5.56 Å². The number of amides is 1. The van der Waals surface area contributed by atoms with Gasteiger partial charge in [0.25, 0.3) is 0 Å². The summed E-state index contributed by atoms with van der Waals surface area (Å²) in [5.74, 6) is 1.31. The highest BCUT2D eigenvalue weighted by Crippen LogP contribution is 2.26. The fourth-order valence-electron chi connectivity index (χ4n) is 2.67.